The molecule has 1 nitrogen and oxygen atoms in total. The predicted molar refractivity (Wildman–Crippen MR) is 263 cm³/mol. The van der Waals surface area contributed by atoms with Crippen molar-refractivity contribution in [2.24, 2.45) is 0 Å². The molecule has 10 rings (SSSR count). The van der Waals surface area contributed by atoms with Crippen molar-refractivity contribution in [2.75, 3.05) is 4.90 Å². The average Bonchev–Trinajstić information content (AvgIpc) is 3.65. The van der Waals surface area contributed by atoms with Gasteiger partial charge in [-0.15, -0.1) is 11.3 Å². The van der Waals surface area contributed by atoms with Crippen molar-refractivity contribution in [1.29, 1.82) is 0 Å². The van der Waals surface area contributed by atoms with E-state index in [4.69, 9.17) is 0 Å². The van der Waals surface area contributed by atoms with E-state index in [9.17, 15) is 0 Å². The second-order valence-electron chi connectivity index (χ2n) is 18.2. The van der Waals surface area contributed by atoms with Crippen molar-refractivity contribution in [3.63, 3.8) is 0 Å². The number of rotatable bonds is 6. The summed E-state index contributed by atoms with van der Waals surface area (Å²) in [4.78, 5) is 2.53. The molecule has 0 N–H and O–H groups in total. The summed E-state index contributed by atoms with van der Waals surface area (Å²) in [6, 6.07) is 70.1. The van der Waals surface area contributed by atoms with Crippen LogP contribution in [-0.4, -0.2) is 0 Å². The summed E-state index contributed by atoms with van der Waals surface area (Å²) in [6.45, 7) is 13.9. The molecule has 2 heteroatoms. The van der Waals surface area contributed by atoms with Crippen LogP contribution in [0.1, 0.15) is 52.7 Å². The summed E-state index contributed by atoms with van der Waals surface area (Å²) >= 11 is 1.87. The first kappa shape index (κ1) is 37.8. The Labute approximate surface area is 358 Å². The van der Waals surface area contributed by atoms with E-state index in [0.717, 1.165) is 17.1 Å². The maximum absolute atomic E-state index is 2.53. The standard InChI is InChI=1S/C58H49NS/c1-57(2,3)41-35-40(36-42(37-41)58(4,5)6)44-27-15-21-39-22-16-28-47(55(39)44)45-24-9-12-30-51(45)59(50-32-17-20-38-19-7-8-23-43(38)50)52-31-13-10-25-46(52)48-29-18-34-54-56(48)49-26-11-14-33-53(49)60-54/h7-37H,1-6H3. The first-order valence-electron chi connectivity index (χ1n) is 21.1. The third kappa shape index (κ3) is 6.57. The number of hydrogen-bond acceptors (Lipinski definition) is 2. The lowest BCUT2D eigenvalue weighted by Gasteiger charge is -2.31. The van der Waals surface area contributed by atoms with Crippen LogP contribution in [0.5, 0.6) is 0 Å². The fourth-order valence-corrected chi connectivity index (χ4v) is 10.2. The lowest BCUT2D eigenvalue weighted by Crippen LogP contribution is -2.16. The first-order chi connectivity index (χ1) is 29.0. The Balaban J connectivity index is 1.27. The molecule has 0 spiro atoms. The summed E-state index contributed by atoms with van der Waals surface area (Å²) in [5, 5.41) is 7.51. The molecule has 0 atom stereocenters. The van der Waals surface area contributed by atoms with Crippen LogP contribution >= 0.6 is 11.3 Å². The molecule has 60 heavy (non-hydrogen) atoms. The van der Waals surface area contributed by atoms with Crippen LogP contribution in [0.15, 0.2) is 188 Å². The van der Waals surface area contributed by atoms with E-state index in [0.29, 0.717) is 0 Å². The number of para-hydroxylation sites is 2. The van der Waals surface area contributed by atoms with E-state index in [1.807, 2.05) is 11.3 Å². The Hall–Kier alpha value is -6.48. The van der Waals surface area contributed by atoms with Crippen LogP contribution in [0.25, 0.3) is 75.1 Å². The smallest absolute Gasteiger partial charge is 0.0540 e. The Kier molecular flexibility index (Phi) is 9.23. The van der Waals surface area contributed by atoms with E-state index in [1.54, 1.807) is 0 Å². The molecular weight excluding hydrogens is 743 g/mol. The number of thiophene rings is 1. The molecule has 1 aromatic heterocycles. The van der Waals surface area contributed by atoms with E-state index in [2.05, 4.69) is 234 Å². The van der Waals surface area contributed by atoms with Crippen molar-refractivity contribution in [3.8, 4) is 33.4 Å². The molecule has 0 aliphatic carbocycles. The lowest BCUT2D eigenvalue weighted by molar-refractivity contribution is 0.569. The van der Waals surface area contributed by atoms with Crippen LogP contribution in [0.2, 0.25) is 0 Å². The summed E-state index contributed by atoms with van der Waals surface area (Å²) in [5.74, 6) is 0. The number of fused-ring (bicyclic) bond motifs is 5. The third-order valence-electron chi connectivity index (χ3n) is 12.2. The molecule has 0 amide bonds. The van der Waals surface area contributed by atoms with Crippen molar-refractivity contribution >= 4 is 70.1 Å². The summed E-state index contributed by atoms with van der Waals surface area (Å²) in [6.07, 6.45) is 0. The minimum Gasteiger partial charge on any atom is -0.309 e. The van der Waals surface area contributed by atoms with Crippen LogP contribution in [0, 0.1) is 0 Å². The number of nitrogens with zero attached hydrogens (tertiary/aromatic N) is 1. The van der Waals surface area contributed by atoms with Gasteiger partial charge in [0.1, 0.15) is 0 Å². The maximum atomic E-state index is 2.53. The summed E-state index contributed by atoms with van der Waals surface area (Å²) in [7, 11) is 0. The van der Waals surface area contributed by atoms with Gasteiger partial charge in [0, 0.05) is 36.7 Å². The van der Waals surface area contributed by atoms with Crippen molar-refractivity contribution in [3.05, 3.63) is 199 Å². The van der Waals surface area contributed by atoms with Crippen LogP contribution in [0.4, 0.5) is 17.1 Å². The normalized spacial score (nSPS) is 12.2. The zero-order chi connectivity index (χ0) is 41.2. The van der Waals surface area contributed by atoms with Crippen molar-refractivity contribution < 1.29 is 0 Å². The van der Waals surface area contributed by atoms with Gasteiger partial charge in [-0.2, -0.15) is 0 Å². The maximum Gasteiger partial charge on any atom is 0.0540 e. The van der Waals surface area contributed by atoms with E-state index in [1.165, 1.54) is 86.2 Å². The van der Waals surface area contributed by atoms with Crippen LogP contribution in [0.3, 0.4) is 0 Å². The van der Waals surface area contributed by atoms with Gasteiger partial charge in [-0.25, -0.2) is 0 Å². The largest absolute Gasteiger partial charge is 0.309 e. The first-order valence-corrected chi connectivity index (χ1v) is 21.9. The minimum atomic E-state index is 0.00200. The lowest BCUT2D eigenvalue weighted by atomic mass is 9.78. The van der Waals surface area contributed by atoms with Crippen molar-refractivity contribution in [2.45, 2.75) is 52.4 Å². The molecule has 0 saturated carbocycles. The van der Waals surface area contributed by atoms with E-state index < -0.39 is 0 Å². The quantitative estimate of drug-likeness (QED) is 0.162. The molecule has 292 valence electrons. The highest BCUT2D eigenvalue weighted by Crippen LogP contribution is 2.50. The highest BCUT2D eigenvalue weighted by atomic mass is 32.1. The molecule has 1 heterocycles. The van der Waals surface area contributed by atoms with Gasteiger partial charge < -0.3 is 4.90 Å². The average molecular weight is 792 g/mol. The summed E-state index contributed by atoms with van der Waals surface area (Å²) < 4.78 is 2.61. The van der Waals surface area contributed by atoms with Gasteiger partial charge in [-0.1, -0.05) is 199 Å². The highest BCUT2D eigenvalue weighted by Gasteiger charge is 2.26. The molecule has 0 unspecified atom stereocenters. The Bertz CT molecular complexity index is 3200. The van der Waals surface area contributed by atoms with Gasteiger partial charge in [0.2, 0.25) is 0 Å². The Morgan fingerprint density at radius 3 is 1.47 bits per heavy atom. The Morgan fingerprint density at radius 1 is 0.350 bits per heavy atom. The topological polar surface area (TPSA) is 3.24 Å². The Morgan fingerprint density at radius 2 is 0.800 bits per heavy atom. The van der Waals surface area contributed by atoms with Gasteiger partial charge in [-0.3, -0.25) is 0 Å². The molecule has 0 radical (unpaired) electrons. The second-order valence-corrected chi connectivity index (χ2v) is 19.2. The van der Waals surface area contributed by atoms with Gasteiger partial charge in [0.25, 0.3) is 0 Å². The molecule has 10 aromatic rings. The second kappa shape index (κ2) is 14.7. The van der Waals surface area contributed by atoms with E-state index in [-0.39, 0.29) is 10.8 Å². The van der Waals surface area contributed by atoms with Crippen molar-refractivity contribution in [1.82, 2.24) is 0 Å². The minimum absolute atomic E-state index is 0.00200. The molecule has 0 fully saturated rings. The van der Waals surface area contributed by atoms with Gasteiger partial charge in [-0.05, 0) is 90.7 Å². The van der Waals surface area contributed by atoms with Crippen LogP contribution in [-0.2, 0) is 10.8 Å². The number of hydrogen-bond donors (Lipinski definition) is 0. The fourth-order valence-electron chi connectivity index (χ4n) is 9.04. The molecule has 9 aromatic carbocycles. The van der Waals surface area contributed by atoms with E-state index >= 15 is 0 Å². The number of benzene rings is 9. The molecular formula is C58H49NS. The molecule has 0 bridgehead atoms. The predicted octanol–water partition coefficient (Wildman–Crippen LogP) is 17.4. The van der Waals surface area contributed by atoms with Gasteiger partial charge in [0.15, 0.2) is 0 Å². The monoisotopic (exact) mass is 791 g/mol. The zero-order valence-corrected chi connectivity index (χ0v) is 36.1. The summed E-state index contributed by atoms with van der Waals surface area (Å²) in [5.41, 5.74) is 13.5. The highest BCUT2D eigenvalue weighted by molar-refractivity contribution is 7.25. The molecule has 0 aliphatic heterocycles. The third-order valence-corrected chi connectivity index (χ3v) is 13.3. The molecule has 0 saturated heterocycles. The zero-order valence-electron chi connectivity index (χ0n) is 35.3. The molecule has 0 aliphatic rings. The van der Waals surface area contributed by atoms with Gasteiger partial charge in [0.05, 0.1) is 17.1 Å². The number of anilines is 3. The fraction of sp³-hybridized carbons (Fsp3) is 0.138. The SMILES string of the molecule is CC(C)(C)c1cc(-c2cccc3cccc(-c4ccccc4N(c4ccccc4-c4cccc5sc6ccccc6c45)c4cccc5ccccc45)c23)cc(C(C)(C)C)c1. The van der Waals surface area contributed by atoms with Crippen LogP contribution < -0.4 is 4.90 Å². The van der Waals surface area contributed by atoms with Gasteiger partial charge >= 0.3 is 0 Å².